The van der Waals surface area contributed by atoms with Crippen molar-refractivity contribution in [2.24, 2.45) is 29.1 Å². The summed E-state index contributed by atoms with van der Waals surface area (Å²) in [4.78, 5) is 62.4. The zero-order valence-corrected chi connectivity index (χ0v) is 30.3. The molecule has 4 aliphatic rings. The number of pyridine rings is 1. The van der Waals surface area contributed by atoms with Crippen LogP contribution < -0.4 is 14.6 Å². The minimum absolute atomic E-state index is 0.0338. The molecule has 4 aromatic rings. The topological polar surface area (TPSA) is 120 Å². The molecule has 4 amide bonds. The second-order valence-electron chi connectivity index (χ2n) is 14.5. The lowest BCUT2D eigenvalue weighted by Crippen LogP contribution is -2.49. The van der Waals surface area contributed by atoms with E-state index < -0.39 is 76.3 Å². The van der Waals surface area contributed by atoms with Crippen LogP contribution in [0, 0.1) is 29.1 Å². The van der Waals surface area contributed by atoms with Gasteiger partial charge in [-0.25, -0.2) is 9.88 Å². The van der Waals surface area contributed by atoms with Crippen molar-refractivity contribution < 1.29 is 42.2 Å². The Hall–Kier alpha value is -5.69. The first-order chi connectivity index (χ1) is 26.2. The van der Waals surface area contributed by atoms with Crippen LogP contribution in [0.15, 0.2) is 103 Å². The van der Waals surface area contributed by atoms with Gasteiger partial charge in [-0.3, -0.25) is 24.2 Å². The number of aromatic hydroxyl groups is 1. The molecular weight excluding hydrogens is 737 g/mol. The Labute approximate surface area is 318 Å². The summed E-state index contributed by atoms with van der Waals surface area (Å²) in [6.07, 6.45) is -2.90. The predicted octanol–water partition coefficient (Wildman–Crippen LogP) is 7.32. The van der Waals surface area contributed by atoms with Crippen molar-refractivity contribution in [3.8, 4) is 11.5 Å². The number of para-hydroxylation sites is 1. The number of fused-ring (bicyclic) bond motifs is 4. The van der Waals surface area contributed by atoms with Gasteiger partial charge in [0.2, 0.25) is 11.8 Å². The van der Waals surface area contributed by atoms with E-state index in [1.807, 2.05) is 36.4 Å². The number of phenolic OH excluding ortho intramolecular Hbond substituents is 1. The van der Waals surface area contributed by atoms with Crippen molar-refractivity contribution in [2.75, 3.05) is 17.0 Å². The van der Waals surface area contributed by atoms with Crippen LogP contribution in [0.2, 0.25) is 5.02 Å². The fourth-order valence-corrected chi connectivity index (χ4v) is 9.20. The number of carbonyl (C=O) groups is 4. The predicted molar refractivity (Wildman–Crippen MR) is 194 cm³/mol. The molecule has 55 heavy (non-hydrogen) atoms. The third-order valence-corrected chi connectivity index (χ3v) is 11.8. The van der Waals surface area contributed by atoms with E-state index in [2.05, 4.69) is 4.98 Å². The summed E-state index contributed by atoms with van der Waals surface area (Å²) < 4.78 is 46.9. The summed E-state index contributed by atoms with van der Waals surface area (Å²) in [7, 11) is 1.24. The van der Waals surface area contributed by atoms with Crippen molar-refractivity contribution in [3.63, 3.8) is 0 Å². The lowest BCUT2D eigenvalue weighted by atomic mass is 9.51. The molecule has 2 aliphatic heterocycles. The average Bonchev–Trinajstić information content (AvgIpc) is 3.53. The zero-order chi connectivity index (χ0) is 39.0. The Morgan fingerprint density at radius 3 is 2.29 bits per heavy atom. The number of aromatic nitrogens is 1. The molecule has 3 aromatic carbocycles. The van der Waals surface area contributed by atoms with Gasteiger partial charge in [0.15, 0.2) is 5.82 Å². The number of hydrogen-bond donors (Lipinski definition) is 1. The van der Waals surface area contributed by atoms with E-state index in [4.69, 9.17) is 16.3 Å². The van der Waals surface area contributed by atoms with Crippen LogP contribution in [0.25, 0.3) is 0 Å². The minimum Gasteiger partial charge on any atom is -0.508 e. The van der Waals surface area contributed by atoms with Gasteiger partial charge in [-0.1, -0.05) is 77.8 Å². The number of phenols is 1. The Balaban J connectivity index is 1.19. The number of alkyl halides is 3. The number of hydrazine groups is 1. The number of carbonyl (C=O) groups excluding carboxylic acids is 4. The number of rotatable bonds is 7. The molecule has 3 fully saturated rings. The SMILES string of the molecule is CN(c1nc(C(F)(F)F)ccc1Cl)N1C(=O)[C@H]2[C@H](CC=C3[C@H]2C[C@H]2C(=O)N(c4ccccc4)C(=O)[C@@]2(C)[C@H]3c2ccc(OCc3ccccc3)cc2O)C1=O. The first-order valence-corrected chi connectivity index (χ1v) is 18.1. The summed E-state index contributed by atoms with van der Waals surface area (Å²) >= 11 is 6.27. The maximum Gasteiger partial charge on any atom is 0.433 e. The van der Waals surface area contributed by atoms with Gasteiger partial charge in [-0.15, -0.1) is 0 Å². The number of halogens is 4. The fourth-order valence-electron chi connectivity index (χ4n) is 8.97. The van der Waals surface area contributed by atoms with Crippen molar-refractivity contribution in [3.05, 3.63) is 124 Å². The van der Waals surface area contributed by atoms with Crippen LogP contribution in [-0.4, -0.2) is 45.8 Å². The summed E-state index contributed by atoms with van der Waals surface area (Å²) in [5, 5.41) is 13.2. The van der Waals surface area contributed by atoms with Crippen LogP contribution in [-0.2, 0) is 32.0 Å². The number of nitrogens with zero attached hydrogens (tertiary/aromatic N) is 4. The first-order valence-electron chi connectivity index (χ1n) is 17.7. The average molecular weight is 771 g/mol. The summed E-state index contributed by atoms with van der Waals surface area (Å²) in [5.41, 5.74) is -0.417. The van der Waals surface area contributed by atoms with E-state index in [9.17, 15) is 37.5 Å². The molecule has 10 nitrogen and oxygen atoms in total. The van der Waals surface area contributed by atoms with Gasteiger partial charge in [0.1, 0.15) is 23.8 Å². The third-order valence-electron chi connectivity index (χ3n) is 11.6. The van der Waals surface area contributed by atoms with Gasteiger partial charge in [0.25, 0.3) is 11.8 Å². The maximum atomic E-state index is 14.7. The molecule has 0 bridgehead atoms. The van der Waals surface area contributed by atoms with Crippen LogP contribution in [0.4, 0.5) is 24.7 Å². The Morgan fingerprint density at radius 2 is 1.62 bits per heavy atom. The highest BCUT2D eigenvalue weighted by Gasteiger charge is 2.68. The molecule has 2 saturated heterocycles. The van der Waals surface area contributed by atoms with E-state index in [-0.39, 0.29) is 30.2 Å². The number of imide groups is 2. The quantitative estimate of drug-likeness (QED) is 0.153. The highest BCUT2D eigenvalue weighted by molar-refractivity contribution is 6.33. The van der Waals surface area contributed by atoms with Crippen molar-refractivity contribution in [1.29, 1.82) is 0 Å². The summed E-state index contributed by atoms with van der Waals surface area (Å²) in [6, 6.07) is 24.5. The normalized spacial score (nSPS) is 26.1. The summed E-state index contributed by atoms with van der Waals surface area (Å²) in [6.45, 7) is 1.94. The van der Waals surface area contributed by atoms with Gasteiger partial charge in [0.05, 0.1) is 33.9 Å². The number of benzene rings is 3. The van der Waals surface area contributed by atoms with E-state index in [0.717, 1.165) is 26.5 Å². The summed E-state index contributed by atoms with van der Waals surface area (Å²) in [5.74, 6) is -7.11. The lowest BCUT2D eigenvalue weighted by Gasteiger charge is -2.49. The molecule has 1 saturated carbocycles. The Kier molecular flexibility index (Phi) is 8.75. The Morgan fingerprint density at radius 1 is 0.927 bits per heavy atom. The molecule has 6 atom stereocenters. The van der Waals surface area contributed by atoms with Crippen LogP contribution in [0.3, 0.4) is 0 Å². The Bertz CT molecular complexity index is 2270. The maximum absolute atomic E-state index is 14.7. The van der Waals surface area contributed by atoms with E-state index >= 15 is 0 Å². The van der Waals surface area contributed by atoms with Crippen LogP contribution >= 0.6 is 11.6 Å². The highest BCUT2D eigenvalue weighted by Crippen LogP contribution is 2.64. The molecule has 1 aromatic heterocycles. The molecule has 0 radical (unpaired) electrons. The molecule has 0 unspecified atom stereocenters. The third kappa shape index (κ3) is 5.74. The van der Waals surface area contributed by atoms with Crippen molar-refractivity contribution >= 4 is 46.7 Å². The molecule has 3 heterocycles. The fraction of sp³-hybridized carbons (Fsp3) is 0.293. The largest absolute Gasteiger partial charge is 0.508 e. The second kappa shape index (κ2) is 13.3. The first kappa shape index (κ1) is 36.3. The standard InChI is InChI=1S/C41H34ClF3N4O6/c1-40-29(37(52)48(39(40)54)23-11-7-4-8-12-23)20-28-25(34(40)26-14-13-24(19-31(26)50)55-21-22-9-5-3-6-10-22)15-16-27-33(28)38(53)49(36(27)51)47(2)35-30(42)17-18-32(46-35)41(43,44)45/h3-15,17-19,27-29,33-34,50H,16,20-21H2,1-2H3/t27-,28+,29-,33-,34+,40+/m0/s1. The van der Waals surface area contributed by atoms with Crippen molar-refractivity contribution in [1.82, 2.24) is 9.99 Å². The van der Waals surface area contributed by atoms with E-state index in [1.165, 1.54) is 13.1 Å². The van der Waals surface area contributed by atoms with Crippen molar-refractivity contribution in [2.45, 2.75) is 38.5 Å². The number of ether oxygens (including phenoxy) is 1. The smallest absolute Gasteiger partial charge is 0.433 e. The molecule has 1 N–H and O–H groups in total. The van der Waals surface area contributed by atoms with Gasteiger partial charge in [-0.2, -0.15) is 18.2 Å². The molecule has 2 aliphatic carbocycles. The van der Waals surface area contributed by atoms with Gasteiger partial charge < -0.3 is 9.84 Å². The second-order valence-corrected chi connectivity index (χ2v) is 14.9. The molecule has 8 rings (SSSR count). The van der Waals surface area contributed by atoms with Crippen LogP contribution in [0.5, 0.6) is 11.5 Å². The number of amides is 4. The van der Waals surface area contributed by atoms with Gasteiger partial charge in [-0.05, 0) is 61.6 Å². The highest BCUT2D eigenvalue weighted by atomic mass is 35.5. The number of hydrogen-bond acceptors (Lipinski definition) is 8. The lowest BCUT2D eigenvalue weighted by molar-refractivity contribution is -0.141. The molecule has 282 valence electrons. The van der Waals surface area contributed by atoms with Crippen LogP contribution in [0.1, 0.15) is 42.5 Å². The van der Waals surface area contributed by atoms with E-state index in [1.54, 1.807) is 49.4 Å². The number of allylic oxidation sites excluding steroid dienone is 2. The van der Waals surface area contributed by atoms with Gasteiger partial charge in [0, 0.05) is 24.6 Å². The minimum atomic E-state index is -4.81. The monoisotopic (exact) mass is 770 g/mol. The molecule has 14 heteroatoms. The number of anilines is 2. The molecule has 0 spiro atoms. The van der Waals surface area contributed by atoms with E-state index in [0.29, 0.717) is 28.6 Å². The van der Waals surface area contributed by atoms with Gasteiger partial charge >= 0.3 is 6.18 Å². The zero-order valence-electron chi connectivity index (χ0n) is 29.5. The molecular formula is C41H34ClF3N4O6.